The second-order valence-electron chi connectivity index (χ2n) is 6.45. The van der Waals surface area contributed by atoms with Gasteiger partial charge >= 0.3 is 5.97 Å². The van der Waals surface area contributed by atoms with Crippen LogP contribution in [0.1, 0.15) is 29.2 Å². The summed E-state index contributed by atoms with van der Waals surface area (Å²) in [5.74, 6) is -0.903. The molecule has 1 N–H and O–H groups in total. The van der Waals surface area contributed by atoms with Gasteiger partial charge in [-0.1, -0.05) is 29.8 Å². The largest absolute Gasteiger partial charge is 0.449 e. The third-order valence-corrected chi connectivity index (χ3v) is 4.86. The van der Waals surface area contributed by atoms with Gasteiger partial charge in [-0.25, -0.2) is 4.79 Å². The molecule has 0 aliphatic rings. The second kappa shape index (κ2) is 9.42. The van der Waals surface area contributed by atoms with Crippen LogP contribution in [0.25, 0.3) is 6.08 Å². The second-order valence-corrected chi connectivity index (χ2v) is 7.33. The van der Waals surface area contributed by atoms with Crippen molar-refractivity contribution in [2.45, 2.75) is 38.7 Å². The molecule has 142 valence electrons. The van der Waals surface area contributed by atoms with E-state index in [-0.39, 0.29) is 5.91 Å². The number of thioether (sulfide) groups is 1. The molecule has 0 spiro atoms. The number of esters is 1. The summed E-state index contributed by atoms with van der Waals surface area (Å²) in [7, 11) is 0. The third-order valence-electron chi connectivity index (χ3n) is 4.12. The highest BCUT2D eigenvalue weighted by Gasteiger charge is 2.18. The van der Waals surface area contributed by atoms with Crippen molar-refractivity contribution in [1.29, 1.82) is 0 Å². The molecule has 2 aromatic carbocycles. The van der Waals surface area contributed by atoms with Crippen molar-refractivity contribution in [2.24, 2.45) is 0 Å². The number of rotatable bonds is 6. The maximum atomic E-state index is 12.4. The number of amides is 1. The van der Waals surface area contributed by atoms with Crippen LogP contribution in [-0.2, 0) is 14.3 Å². The van der Waals surface area contributed by atoms with Gasteiger partial charge in [-0.2, -0.15) is 0 Å². The molecule has 0 bridgehead atoms. The molecule has 0 heterocycles. The summed E-state index contributed by atoms with van der Waals surface area (Å²) in [4.78, 5) is 25.5. The molecular weight excluding hydrogens is 358 g/mol. The van der Waals surface area contributed by atoms with Crippen molar-refractivity contribution in [2.75, 3.05) is 11.6 Å². The van der Waals surface area contributed by atoms with Gasteiger partial charge in [0.15, 0.2) is 6.10 Å². The lowest BCUT2D eigenvalue weighted by molar-refractivity contribution is -0.148. The molecule has 0 aliphatic heterocycles. The highest BCUT2D eigenvalue weighted by atomic mass is 32.2. The maximum absolute atomic E-state index is 12.4. The molecule has 0 saturated carbocycles. The predicted molar refractivity (Wildman–Crippen MR) is 112 cm³/mol. The summed E-state index contributed by atoms with van der Waals surface area (Å²) in [5.41, 5.74) is 4.75. The van der Waals surface area contributed by atoms with Crippen molar-refractivity contribution in [3.63, 3.8) is 0 Å². The molecule has 5 heteroatoms. The van der Waals surface area contributed by atoms with Crippen LogP contribution >= 0.6 is 11.8 Å². The Morgan fingerprint density at radius 2 is 1.67 bits per heavy atom. The Kier molecular flexibility index (Phi) is 7.25. The van der Waals surface area contributed by atoms with Crippen molar-refractivity contribution < 1.29 is 14.3 Å². The maximum Gasteiger partial charge on any atom is 0.331 e. The lowest BCUT2D eigenvalue weighted by Gasteiger charge is -2.16. The topological polar surface area (TPSA) is 55.4 Å². The molecule has 2 rings (SSSR count). The Morgan fingerprint density at radius 1 is 1.07 bits per heavy atom. The van der Waals surface area contributed by atoms with Crippen molar-refractivity contribution in [3.05, 3.63) is 64.7 Å². The number of carbonyl (C=O) groups excluding carboxylic acids is 2. The van der Waals surface area contributed by atoms with Gasteiger partial charge in [0.05, 0.1) is 0 Å². The summed E-state index contributed by atoms with van der Waals surface area (Å²) >= 11 is 1.66. The smallest absolute Gasteiger partial charge is 0.331 e. The summed E-state index contributed by atoms with van der Waals surface area (Å²) < 4.78 is 5.21. The fourth-order valence-corrected chi connectivity index (χ4v) is 3.16. The molecule has 4 nitrogen and oxygen atoms in total. The summed E-state index contributed by atoms with van der Waals surface area (Å²) in [6.45, 7) is 7.46. The van der Waals surface area contributed by atoms with E-state index in [0.717, 1.165) is 32.8 Å². The Morgan fingerprint density at radius 3 is 2.22 bits per heavy atom. The van der Waals surface area contributed by atoms with E-state index in [2.05, 4.69) is 5.32 Å². The first-order valence-electron chi connectivity index (χ1n) is 8.71. The Balaban J connectivity index is 1.95. The van der Waals surface area contributed by atoms with Gasteiger partial charge in [-0.05, 0) is 68.8 Å². The molecule has 0 aromatic heterocycles. The number of carbonyl (C=O) groups is 2. The molecule has 0 saturated heterocycles. The zero-order valence-corrected chi connectivity index (χ0v) is 17.1. The van der Waals surface area contributed by atoms with Gasteiger partial charge in [0.2, 0.25) is 0 Å². The van der Waals surface area contributed by atoms with E-state index in [1.54, 1.807) is 24.8 Å². The van der Waals surface area contributed by atoms with E-state index in [0.29, 0.717) is 0 Å². The van der Waals surface area contributed by atoms with E-state index >= 15 is 0 Å². The van der Waals surface area contributed by atoms with Crippen molar-refractivity contribution in [1.82, 2.24) is 0 Å². The predicted octanol–water partition coefficient (Wildman–Crippen LogP) is 4.92. The quantitative estimate of drug-likeness (QED) is 0.437. The summed E-state index contributed by atoms with van der Waals surface area (Å²) in [6, 6.07) is 11.8. The van der Waals surface area contributed by atoms with E-state index in [9.17, 15) is 9.59 Å². The fraction of sp³-hybridized carbons (Fsp3) is 0.273. The molecule has 1 amide bonds. The first-order chi connectivity index (χ1) is 12.8. The van der Waals surface area contributed by atoms with Crippen molar-refractivity contribution in [3.8, 4) is 0 Å². The molecule has 2 aromatic rings. The van der Waals surface area contributed by atoms with Gasteiger partial charge < -0.3 is 10.1 Å². The van der Waals surface area contributed by atoms with Gasteiger partial charge in [0.25, 0.3) is 5.91 Å². The van der Waals surface area contributed by atoms with Crippen LogP contribution in [0.3, 0.4) is 0 Å². The van der Waals surface area contributed by atoms with E-state index < -0.39 is 12.1 Å². The number of aryl methyl sites for hydroxylation is 3. The Labute approximate surface area is 165 Å². The molecule has 27 heavy (non-hydrogen) atoms. The monoisotopic (exact) mass is 383 g/mol. The Bertz CT molecular complexity index is 833. The number of benzene rings is 2. The minimum Gasteiger partial charge on any atom is -0.449 e. The zero-order chi connectivity index (χ0) is 20.0. The molecular formula is C22H25NO3S. The number of anilines is 1. The van der Waals surface area contributed by atoms with Crippen molar-refractivity contribution >= 4 is 35.4 Å². The van der Waals surface area contributed by atoms with Crippen LogP contribution in [-0.4, -0.2) is 24.2 Å². The molecule has 0 radical (unpaired) electrons. The standard InChI is InChI=1S/C22H25NO3S/c1-14-12-15(2)21(16(3)13-14)23-22(25)17(4)26-20(24)11-8-18-6-9-19(27-5)10-7-18/h6-13,17H,1-5H3,(H,23,25)/b11-8+/t17-/m0/s1. The van der Waals surface area contributed by atoms with Crippen LogP contribution in [0.2, 0.25) is 0 Å². The number of ether oxygens (including phenoxy) is 1. The van der Waals surface area contributed by atoms with Crippen LogP contribution in [0, 0.1) is 20.8 Å². The SMILES string of the molecule is CSc1ccc(/C=C/C(=O)O[C@@H](C)C(=O)Nc2c(C)cc(C)cc2C)cc1. The van der Waals surface area contributed by atoms with Gasteiger partial charge in [-0.15, -0.1) is 11.8 Å². The zero-order valence-electron chi connectivity index (χ0n) is 16.3. The normalized spacial score (nSPS) is 12.0. The average molecular weight is 384 g/mol. The van der Waals surface area contributed by atoms with Crippen LogP contribution in [0.15, 0.2) is 47.4 Å². The number of nitrogens with one attached hydrogen (secondary N) is 1. The van der Waals surface area contributed by atoms with Gasteiger partial charge in [0.1, 0.15) is 0 Å². The molecule has 0 fully saturated rings. The van der Waals surface area contributed by atoms with Gasteiger partial charge in [0, 0.05) is 16.7 Å². The lowest BCUT2D eigenvalue weighted by Crippen LogP contribution is -2.30. The molecule has 0 unspecified atom stereocenters. The highest BCUT2D eigenvalue weighted by Crippen LogP contribution is 2.22. The average Bonchev–Trinajstić information content (AvgIpc) is 2.63. The van der Waals surface area contributed by atoms with Crippen LogP contribution in [0.4, 0.5) is 5.69 Å². The minimum atomic E-state index is -0.888. The first-order valence-corrected chi connectivity index (χ1v) is 9.94. The first kappa shape index (κ1) is 20.8. The summed E-state index contributed by atoms with van der Waals surface area (Å²) in [6.07, 6.45) is 4.13. The third kappa shape index (κ3) is 6.00. The van der Waals surface area contributed by atoms with Gasteiger partial charge in [-0.3, -0.25) is 4.79 Å². The van der Waals surface area contributed by atoms with E-state index in [1.807, 2.05) is 63.4 Å². The van der Waals surface area contributed by atoms with Crippen LogP contribution in [0.5, 0.6) is 0 Å². The molecule has 0 aliphatic carbocycles. The van der Waals surface area contributed by atoms with E-state index in [1.165, 1.54) is 6.08 Å². The molecule has 1 atom stereocenters. The summed E-state index contributed by atoms with van der Waals surface area (Å²) in [5, 5.41) is 2.85. The lowest BCUT2D eigenvalue weighted by atomic mass is 10.0. The Hall–Kier alpha value is -2.53. The van der Waals surface area contributed by atoms with Crippen LogP contribution < -0.4 is 5.32 Å². The van der Waals surface area contributed by atoms with E-state index in [4.69, 9.17) is 4.74 Å². The number of hydrogen-bond donors (Lipinski definition) is 1. The number of hydrogen-bond acceptors (Lipinski definition) is 4. The fourth-order valence-electron chi connectivity index (χ4n) is 2.75. The minimum absolute atomic E-state index is 0.351. The highest BCUT2D eigenvalue weighted by molar-refractivity contribution is 7.98.